The molecular weight excluding hydrogens is 235 g/mol. The second-order valence-electron chi connectivity index (χ2n) is 3.62. The molecule has 2 N–H and O–H groups in total. The van der Waals surface area contributed by atoms with Crippen molar-refractivity contribution in [2.75, 3.05) is 0 Å². The lowest BCUT2D eigenvalue weighted by molar-refractivity contribution is -0.383. The van der Waals surface area contributed by atoms with E-state index in [0.717, 1.165) is 0 Å². The molecular formula is C11H9BN2O4. The predicted octanol–water partition coefficient (Wildman–Crippen LogP) is 0.337. The zero-order valence-corrected chi connectivity index (χ0v) is 9.22. The highest BCUT2D eigenvalue weighted by Gasteiger charge is 2.24. The molecule has 2 aromatic rings. The van der Waals surface area contributed by atoms with Gasteiger partial charge in [0.1, 0.15) is 0 Å². The highest BCUT2D eigenvalue weighted by molar-refractivity contribution is 6.60. The van der Waals surface area contributed by atoms with Crippen LogP contribution in [0.3, 0.4) is 0 Å². The van der Waals surface area contributed by atoms with E-state index in [1.807, 2.05) is 0 Å². The van der Waals surface area contributed by atoms with Crippen molar-refractivity contribution in [1.82, 2.24) is 4.98 Å². The fourth-order valence-electron chi connectivity index (χ4n) is 1.62. The molecule has 1 heterocycles. The van der Waals surface area contributed by atoms with Gasteiger partial charge in [-0.2, -0.15) is 0 Å². The van der Waals surface area contributed by atoms with E-state index in [9.17, 15) is 10.1 Å². The molecule has 6 nitrogen and oxygen atoms in total. The molecule has 1 aromatic carbocycles. The van der Waals surface area contributed by atoms with Gasteiger partial charge in [-0.3, -0.25) is 15.1 Å². The van der Waals surface area contributed by atoms with Crippen LogP contribution in [-0.2, 0) is 0 Å². The third kappa shape index (κ3) is 2.37. The lowest BCUT2D eigenvalue weighted by atomic mass is 9.78. The number of benzene rings is 1. The molecule has 0 saturated carbocycles. The van der Waals surface area contributed by atoms with Crippen LogP contribution in [0.15, 0.2) is 42.6 Å². The van der Waals surface area contributed by atoms with Crippen LogP contribution in [0.1, 0.15) is 0 Å². The topological polar surface area (TPSA) is 96.5 Å². The smallest absolute Gasteiger partial charge is 0.423 e. The Balaban J connectivity index is 2.54. The van der Waals surface area contributed by atoms with Gasteiger partial charge < -0.3 is 10.0 Å². The summed E-state index contributed by atoms with van der Waals surface area (Å²) in [4.78, 5) is 14.2. The molecule has 0 atom stereocenters. The van der Waals surface area contributed by atoms with Crippen molar-refractivity contribution in [3.63, 3.8) is 0 Å². The number of nitro groups is 1. The quantitative estimate of drug-likeness (QED) is 0.461. The first-order valence-electron chi connectivity index (χ1n) is 5.15. The lowest BCUT2D eigenvalue weighted by Crippen LogP contribution is -2.32. The summed E-state index contributed by atoms with van der Waals surface area (Å²) in [6.45, 7) is 0. The van der Waals surface area contributed by atoms with Gasteiger partial charge in [-0.25, -0.2) is 0 Å². The van der Waals surface area contributed by atoms with Gasteiger partial charge in [-0.15, -0.1) is 0 Å². The van der Waals surface area contributed by atoms with Crippen LogP contribution >= 0.6 is 0 Å². The number of hydrogen-bond donors (Lipinski definition) is 2. The highest BCUT2D eigenvalue weighted by Crippen LogP contribution is 2.19. The second kappa shape index (κ2) is 4.95. The summed E-state index contributed by atoms with van der Waals surface area (Å²) in [6, 6.07) is 9.36. The normalized spacial score (nSPS) is 10.1. The van der Waals surface area contributed by atoms with E-state index in [1.165, 1.54) is 18.2 Å². The monoisotopic (exact) mass is 244 g/mol. The molecule has 0 saturated heterocycles. The summed E-state index contributed by atoms with van der Waals surface area (Å²) in [5.41, 5.74) is 0.714. The Hall–Kier alpha value is -2.25. The molecule has 7 heteroatoms. The molecule has 0 amide bonds. The van der Waals surface area contributed by atoms with Gasteiger partial charge in [0, 0.05) is 17.8 Å². The van der Waals surface area contributed by atoms with Gasteiger partial charge in [0.2, 0.25) is 0 Å². The summed E-state index contributed by atoms with van der Waals surface area (Å²) < 4.78 is 0. The molecule has 0 fully saturated rings. The first-order chi connectivity index (χ1) is 8.59. The molecule has 0 unspecified atom stereocenters. The Bertz CT molecular complexity index is 575. The summed E-state index contributed by atoms with van der Waals surface area (Å²) in [7, 11) is -1.89. The summed E-state index contributed by atoms with van der Waals surface area (Å²) in [5, 5.41) is 29.1. The van der Waals surface area contributed by atoms with Crippen molar-refractivity contribution in [2.24, 2.45) is 0 Å². The number of hydrogen-bond acceptors (Lipinski definition) is 5. The van der Waals surface area contributed by atoms with Crippen molar-refractivity contribution in [3.05, 3.63) is 52.7 Å². The van der Waals surface area contributed by atoms with E-state index >= 15 is 0 Å². The standard InChI is InChI=1S/C11H9BN2O4/c15-12(16)9-7-8(4-5-11(9)14(17)18)10-3-1-2-6-13-10/h1-7,15-16H. The minimum Gasteiger partial charge on any atom is -0.423 e. The van der Waals surface area contributed by atoms with Crippen LogP contribution in [0.2, 0.25) is 0 Å². The van der Waals surface area contributed by atoms with E-state index in [2.05, 4.69) is 4.98 Å². The maximum Gasteiger partial charge on any atom is 0.495 e. The van der Waals surface area contributed by atoms with Gasteiger partial charge >= 0.3 is 7.12 Å². The Morgan fingerprint density at radius 3 is 2.56 bits per heavy atom. The minimum atomic E-state index is -1.89. The van der Waals surface area contributed by atoms with Crippen LogP contribution in [0, 0.1) is 10.1 Å². The Morgan fingerprint density at radius 1 is 1.22 bits per heavy atom. The second-order valence-corrected chi connectivity index (χ2v) is 3.62. The molecule has 1 aromatic heterocycles. The van der Waals surface area contributed by atoms with E-state index in [1.54, 1.807) is 24.4 Å². The van der Waals surface area contributed by atoms with Gasteiger partial charge in [0.05, 0.1) is 16.1 Å². The maximum absolute atomic E-state index is 10.7. The van der Waals surface area contributed by atoms with Gasteiger partial charge in [-0.05, 0) is 24.3 Å². The van der Waals surface area contributed by atoms with Crippen molar-refractivity contribution in [2.45, 2.75) is 0 Å². The molecule has 0 aliphatic rings. The third-order valence-electron chi connectivity index (χ3n) is 2.46. The molecule has 18 heavy (non-hydrogen) atoms. The highest BCUT2D eigenvalue weighted by atomic mass is 16.6. The Kier molecular flexibility index (Phi) is 3.36. The molecule has 90 valence electrons. The summed E-state index contributed by atoms with van der Waals surface area (Å²) in [5.74, 6) is 0. The van der Waals surface area contributed by atoms with Crippen LogP contribution in [0.5, 0.6) is 0 Å². The molecule has 2 rings (SSSR count). The lowest BCUT2D eigenvalue weighted by Gasteiger charge is -2.05. The van der Waals surface area contributed by atoms with Crippen molar-refractivity contribution in [1.29, 1.82) is 0 Å². The molecule has 0 aliphatic heterocycles. The Labute approximate surface area is 103 Å². The zero-order valence-electron chi connectivity index (χ0n) is 9.22. The Morgan fingerprint density at radius 2 is 2.00 bits per heavy atom. The summed E-state index contributed by atoms with van der Waals surface area (Å²) in [6.07, 6.45) is 1.59. The molecule has 0 aliphatic carbocycles. The predicted molar refractivity (Wildman–Crippen MR) is 66.2 cm³/mol. The van der Waals surface area contributed by atoms with Gasteiger partial charge in [-0.1, -0.05) is 6.07 Å². The molecule has 0 spiro atoms. The van der Waals surface area contributed by atoms with E-state index in [-0.39, 0.29) is 11.2 Å². The number of nitro benzene ring substituents is 1. The van der Waals surface area contributed by atoms with Gasteiger partial charge in [0.15, 0.2) is 0 Å². The van der Waals surface area contributed by atoms with Crippen molar-refractivity contribution in [3.8, 4) is 11.3 Å². The SMILES string of the molecule is O=[N+]([O-])c1ccc(-c2ccccn2)cc1B(O)O. The zero-order chi connectivity index (χ0) is 13.1. The van der Waals surface area contributed by atoms with Crippen molar-refractivity contribution >= 4 is 18.3 Å². The van der Waals surface area contributed by atoms with Gasteiger partial charge in [0.25, 0.3) is 5.69 Å². The first-order valence-corrected chi connectivity index (χ1v) is 5.15. The van der Waals surface area contributed by atoms with Crippen LogP contribution in [0.4, 0.5) is 5.69 Å². The number of aromatic nitrogens is 1. The fourth-order valence-corrected chi connectivity index (χ4v) is 1.62. The maximum atomic E-state index is 10.7. The average Bonchev–Trinajstić information content (AvgIpc) is 2.39. The van der Waals surface area contributed by atoms with E-state index < -0.39 is 12.0 Å². The number of nitrogens with zero attached hydrogens (tertiary/aromatic N) is 2. The minimum absolute atomic E-state index is 0.150. The molecule has 0 bridgehead atoms. The number of pyridine rings is 1. The van der Waals surface area contributed by atoms with E-state index in [4.69, 9.17) is 10.0 Å². The largest absolute Gasteiger partial charge is 0.495 e. The van der Waals surface area contributed by atoms with Crippen LogP contribution in [0.25, 0.3) is 11.3 Å². The molecule has 0 radical (unpaired) electrons. The number of rotatable bonds is 3. The van der Waals surface area contributed by atoms with Crippen LogP contribution < -0.4 is 5.46 Å². The fraction of sp³-hybridized carbons (Fsp3) is 0. The third-order valence-corrected chi connectivity index (χ3v) is 2.46. The van der Waals surface area contributed by atoms with Crippen molar-refractivity contribution < 1.29 is 15.0 Å². The van der Waals surface area contributed by atoms with E-state index in [0.29, 0.717) is 11.3 Å². The summed E-state index contributed by atoms with van der Waals surface area (Å²) >= 11 is 0. The average molecular weight is 244 g/mol. The van der Waals surface area contributed by atoms with Crippen LogP contribution in [-0.4, -0.2) is 27.1 Å². The first kappa shape index (κ1) is 12.2.